The minimum atomic E-state index is -0.492. The number of carbonyl (C=O) groups is 1. The fourth-order valence-electron chi connectivity index (χ4n) is 3.43. The van der Waals surface area contributed by atoms with Crippen molar-refractivity contribution in [2.75, 3.05) is 0 Å². The Morgan fingerprint density at radius 2 is 1.72 bits per heavy atom. The van der Waals surface area contributed by atoms with E-state index in [0.29, 0.717) is 0 Å². The van der Waals surface area contributed by atoms with E-state index in [1.165, 1.54) is 43.1 Å². The van der Waals surface area contributed by atoms with Crippen molar-refractivity contribution in [2.24, 2.45) is 0 Å². The van der Waals surface area contributed by atoms with Crippen LogP contribution in [-0.2, 0) is 17.6 Å². The molecule has 0 atom stereocenters. The second kappa shape index (κ2) is 8.55. The predicted molar refractivity (Wildman–Crippen MR) is 105 cm³/mol. The Kier molecular flexibility index (Phi) is 6.69. The highest BCUT2D eigenvalue weighted by molar-refractivity contribution is 5.93. The summed E-state index contributed by atoms with van der Waals surface area (Å²) in [6.07, 6.45) is 7.89. The number of hydrogen-bond donors (Lipinski definition) is 0. The van der Waals surface area contributed by atoms with Crippen LogP contribution in [0.1, 0.15) is 78.0 Å². The molecule has 0 saturated heterocycles. The number of carbonyl (C=O) groups excluding carboxylic acids is 1. The van der Waals surface area contributed by atoms with Gasteiger partial charge in [0.05, 0.1) is 5.52 Å². The first kappa shape index (κ1) is 19.6. The van der Waals surface area contributed by atoms with Gasteiger partial charge in [-0.15, -0.1) is 0 Å². The molecule has 0 saturated carbocycles. The van der Waals surface area contributed by atoms with Crippen molar-refractivity contribution in [3.8, 4) is 0 Å². The molecule has 0 N–H and O–H groups in total. The van der Waals surface area contributed by atoms with E-state index in [2.05, 4.69) is 26.0 Å². The van der Waals surface area contributed by atoms with Crippen LogP contribution in [0.25, 0.3) is 10.9 Å². The highest BCUT2D eigenvalue weighted by Crippen LogP contribution is 2.29. The molecular weight excluding hydrogens is 310 g/mol. The van der Waals surface area contributed by atoms with Crippen LogP contribution < -0.4 is 0 Å². The number of fused-ring (bicyclic) bond motifs is 1. The van der Waals surface area contributed by atoms with E-state index in [9.17, 15) is 4.79 Å². The van der Waals surface area contributed by atoms with Crippen LogP contribution in [0.2, 0.25) is 0 Å². The summed E-state index contributed by atoms with van der Waals surface area (Å²) < 4.78 is 7.46. The molecule has 0 radical (unpaired) electrons. The minimum absolute atomic E-state index is 0.266. The summed E-state index contributed by atoms with van der Waals surface area (Å²) >= 11 is 0. The van der Waals surface area contributed by atoms with Gasteiger partial charge >= 0.3 is 6.09 Å². The molecule has 1 heterocycles. The zero-order chi connectivity index (χ0) is 18.4. The zero-order valence-corrected chi connectivity index (χ0v) is 16.5. The normalized spacial score (nSPS) is 11.9. The predicted octanol–water partition coefficient (Wildman–Crippen LogP) is 6.50. The second-order valence-electron chi connectivity index (χ2n) is 7.78. The number of hydrogen-bond acceptors (Lipinski definition) is 2. The van der Waals surface area contributed by atoms with Crippen molar-refractivity contribution in [3.05, 3.63) is 35.5 Å². The number of benzene rings is 1. The Morgan fingerprint density at radius 3 is 2.36 bits per heavy atom. The quantitative estimate of drug-likeness (QED) is 0.537. The third kappa shape index (κ3) is 4.87. The van der Waals surface area contributed by atoms with E-state index in [-0.39, 0.29) is 6.09 Å². The van der Waals surface area contributed by atoms with Gasteiger partial charge in [0.15, 0.2) is 0 Å². The smallest absolute Gasteiger partial charge is 0.419 e. The molecule has 0 fully saturated rings. The highest BCUT2D eigenvalue weighted by Gasteiger charge is 2.24. The van der Waals surface area contributed by atoms with Gasteiger partial charge < -0.3 is 4.74 Å². The minimum Gasteiger partial charge on any atom is -0.443 e. The molecule has 0 aliphatic carbocycles. The van der Waals surface area contributed by atoms with E-state index in [0.717, 1.165) is 24.1 Å². The average Bonchev–Trinajstić information content (AvgIpc) is 2.87. The Hall–Kier alpha value is -1.77. The molecule has 3 nitrogen and oxygen atoms in total. The number of unbranched alkanes of at least 4 members (excludes halogenated alkanes) is 4. The summed E-state index contributed by atoms with van der Waals surface area (Å²) in [7, 11) is 0. The van der Waals surface area contributed by atoms with E-state index < -0.39 is 5.60 Å². The lowest BCUT2D eigenvalue weighted by Crippen LogP contribution is -2.28. The standard InChI is InChI=1S/C22H33NO2/c1-6-8-9-10-11-14-17-18-15-12-13-16-20(18)23(19(17)7-2)21(24)25-22(3,4)5/h12-13,15-16H,6-11,14H2,1-5H3. The lowest BCUT2D eigenvalue weighted by Gasteiger charge is -2.21. The molecule has 25 heavy (non-hydrogen) atoms. The lowest BCUT2D eigenvalue weighted by molar-refractivity contribution is 0.0540. The SMILES string of the molecule is CCCCCCCc1c(CC)n(C(=O)OC(C)(C)C)c2ccccc12. The monoisotopic (exact) mass is 343 g/mol. The third-order valence-electron chi connectivity index (χ3n) is 4.53. The maximum absolute atomic E-state index is 12.8. The molecule has 0 aliphatic rings. The van der Waals surface area contributed by atoms with Gasteiger partial charge in [0.1, 0.15) is 5.60 Å². The van der Waals surface area contributed by atoms with Crippen LogP contribution in [0.3, 0.4) is 0 Å². The molecule has 2 rings (SSSR count). The van der Waals surface area contributed by atoms with Gasteiger partial charge in [-0.05, 0) is 51.7 Å². The number of ether oxygens (including phenoxy) is 1. The van der Waals surface area contributed by atoms with Gasteiger partial charge in [0.25, 0.3) is 0 Å². The van der Waals surface area contributed by atoms with E-state index >= 15 is 0 Å². The molecule has 0 unspecified atom stereocenters. The number of aryl methyl sites for hydroxylation is 1. The number of nitrogens with zero attached hydrogens (tertiary/aromatic N) is 1. The largest absolute Gasteiger partial charge is 0.443 e. The van der Waals surface area contributed by atoms with E-state index in [4.69, 9.17) is 4.74 Å². The third-order valence-corrected chi connectivity index (χ3v) is 4.53. The zero-order valence-electron chi connectivity index (χ0n) is 16.5. The number of para-hydroxylation sites is 1. The molecule has 3 heteroatoms. The van der Waals surface area contributed by atoms with Gasteiger partial charge in [-0.2, -0.15) is 0 Å². The highest BCUT2D eigenvalue weighted by atomic mass is 16.6. The van der Waals surface area contributed by atoms with Gasteiger partial charge in [-0.25, -0.2) is 9.36 Å². The summed E-state index contributed by atoms with van der Waals surface area (Å²) in [6, 6.07) is 8.21. The second-order valence-corrected chi connectivity index (χ2v) is 7.78. The maximum Gasteiger partial charge on any atom is 0.419 e. The van der Waals surface area contributed by atoms with E-state index in [1.807, 2.05) is 32.9 Å². The molecule has 0 amide bonds. The Balaban J connectivity index is 2.36. The Morgan fingerprint density at radius 1 is 1.04 bits per heavy atom. The fourth-order valence-corrected chi connectivity index (χ4v) is 3.43. The van der Waals surface area contributed by atoms with Crippen LogP contribution in [0.4, 0.5) is 4.79 Å². The van der Waals surface area contributed by atoms with Crippen molar-refractivity contribution in [1.82, 2.24) is 4.57 Å². The molecule has 2 aromatic rings. The van der Waals surface area contributed by atoms with Crippen LogP contribution >= 0.6 is 0 Å². The van der Waals surface area contributed by atoms with Crippen LogP contribution in [0, 0.1) is 0 Å². The first-order valence-corrected chi connectivity index (χ1v) is 9.73. The van der Waals surface area contributed by atoms with Crippen molar-refractivity contribution in [1.29, 1.82) is 0 Å². The molecule has 1 aromatic heterocycles. The van der Waals surface area contributed by atoms with Crippen molar-refractivity contribution >= 4 is 17.0 Å². The van der Waals surface area contributed by atoms with Gasteiger partial charge in [-0.1, -0.05) is 57.7 Å². The van der Waals surface area contributed by atoms with Crippen molar-refractivity contribution < 1.29 is 9.53 Å². The molecular formula is C22H33NO2. The van der Waals surface area contributed by atoms with Crippen LogP contribution in [-0.4, -0.2) is 16.3 Å². The molecule has 0 aliphatic heterocycles. The molecule has 0 bridgehead atoms. The lowest BCUT2D eigenvalue weighted by atomic mass is 10.0. The Labute approximate surface area is 152 Å². The fraction of sp³-hybridized carbons (Fsp3) is 0.591. The Bertz CT molecular complexity index is 707. The molecule has 0 spiro atoms. The summed E-state index contributed by atoms with van der Waals surface area (Å²) in [6.45, 7) is 10.1. The molecule has 1 aromatic carbocycles. The summed E-state index contributed by atoms with van der Waals surface area (Å²) in [5, 5.41) is 1.20. The summed E-state index contributed by atoms with van der Waals surface area (Å²) in [4.78, 5) is 12.8. The number of aromatic nitrogens is 1. The van der Waals surface area contributed by atoms with Gasteiger partial charge in [-0.3, -0.25) is 0 Å². The number of rotatable bonds is 7. The van der Waals surface area contributed by atoms with E-state index in [1.54, 1.807) is 4.57 Å². The maximum atomic E-state index is 12.8. The first-order chi connectivity index (χ1) is 11.9. The molecule has 138 valence electrons. The van der Waals surface area contributed by atoms with Crippen molar-refractivity contribution in [3.63, 3.8) is 0 Å². The first-order valence-electron chi connectivity index (χ1n) is 9.73. The average molecular weight is 344 g/mol. The van der Waals surface area contributed by atoms with Crippen molar-refractivity contribution in [2.45, 2.75) is 85.2 Å². The van der Waals surface area contributed by atoms with Crippen LogP contribution in [0.5, 0.6) is 0 Å². The van der Waals surface area contributed by atoms with Gasteiger partial charge in [0, 0.05) is 11.1 Å². The van der Waals surface area contributed by atoms with Crippen LogP contribution in [0.15, 0.2) is 24.3 Å². The van der Waals surface area contributed by atoms with Gasteiger partial charge in [0.2, 0.25) is 0 Å². The summed E-state index contributed by atoms with van der Waals surface area (Å²) in [5.74, 6) is 0. The summed E-state index contributed by atoms with van der Waals surface area (Å²) in [5.41, 5.74) is 2.90. The topological polar surface area (TPSA) is 31.2 Å².